The van der Waals surface area contributed by atoms with E-state index >= 15 is 0 Å². The first kappa shape index (κ1) is 16.8. The standard InChI is InChI=1S/C20H18ClN3O2/c21-17-8-6-15(7-9-17)18-14-24(20(25)16-4-2-1-3-5-16)22-19(18)23-10-12-26-13-11-23/h1-9,14H,10-13H2. The van der Waals surface area contributed by atoms with Crippen LogP contribution in [0.1, 0.15) is 10.4 Å². The lowest BCUT2D eigenvalue weighted by atomic mass is 10.1. The van der Waals surface area contributed by atoms with Gasteiger partial charge in [-0.25, -0.2) is 4.68 Å². The van der Waals surface area contributed by atoms with Crippen LogP contribution in [-0.2, 0) is 4.74 Å². The first-order valence-corrected chi connectivity index (χ1v) is 8.88. The topological polar surface area (TPSA) is 47.4 Å². The molecule has 3 aromatic rings. The number of aromatic nitrogens is 2. The fraction of sp³-hybridized carbons (Fsp3) is 0.200. The Hall–Kier alpha value is -2.63. The molecule has 0 saturated carbocycles. The highest BCUT2D eigenvalue weighted by Crippen LogP contribution is 2.31. The van der Waals surface area contributed by atoms with Crippen LogP contribution in [0.4, 0.5) is 5.82 Å². The fourth-order valence-electron chi connectivity index (χ4n) is 3.02. The Balaban J connectivity index is 1.77. The molecule has 4 rings (SSSR count). The second-order valence-corrected chi connectivity index (χ2v) is 6.52. The van der Waals surface area contributed by atoms with Gasteiger partial charge in [-0.05, 0) is 29.8 Å². The smallest absolute Gasteiger partial charge is 0.278 e. The van der Waals surface area contributed by atoms with Crippen LogP contribution in [0.3, 0.4) is 0 Å². The Kier molecular flexibility index (Phi) is 4.73. The molecule has 1 aliphatic rings. The predicted octanol–water partition coefficient (Wildman–Crippen LogP) is 3.73. The molecule has 1 aromatic heterocycles. The molecule has 0 unspecified atom stereocenters. The second-order valence-electron chi connectivity index (χ2n) is 6.09. The molecule has 0 aliphatic carbocycles. The minimum Gasteiger partial charge on any atom is -0.378 e. The lowest BCUT2D eigenvalue weighted by Gasteiger charge is -2.27. The minimum absolute atomic E-state index is 0.152. The number of halogens is 1. The lowest BCUT2D eigenvalue weighted by Crippen LogP contribution is -2.37. The van der Waals surface area contributed by atoms with Crippen molar-refractivity contribution in [2.75, 3.05) is 31.2 Å². The van der Waals surface area contributed by atoms with Crippen LogP contribution in [0, 0.1) is 0 Å². The Morgan fingerprint density at radius 2 is 1.69 bits per heavy atom. The van der Waals surface area contributed by atoms with Gasteiger partial charge in [0.15, 0.2) is 5.82 Å². The van der Waals surface area contributed by atoms with Gasteiger partial charge in [0.25, 0.3) is 5.91 Å². The van der Waals surface area contributed by atoms with E-state index in [0.717, 1.165) is 30.0 Å². The zero-order valence-corrected chi connectivity index (χ0v) is 14.9. The summed E-state index contributed by atoms with van der Waals surface area (Å²) in [5.74, 6) is 0.639. The molecule has 26 heavy (non-hydrogen) atoms. The number of rotatable bonds is 3. The van der Waals surface area contributed by atoms with Crippen molar-refractivity contribution in [2.24, 2.45) is 0 Å². The molecular weight excluding hydrogens is 350 g/mol. The number of anilines is 1. The Morgan fingerprint density at radius 1 is 1.00 bits per heavy atom. The minimum atomic E-state index is -0.152. The van der Waals surface area contributed by atoms with Gasteiger partial charge in [0, 0.05) is 35.4 Å². The van der Waals surface area contributed by atoms with Gasteiger partial charge in [-0.15, -0.1) is 5.10 Å². The number of carbonyl (C=O) groups excluding carboxylic acids is 1. The largest absolute Gasteiger partial charge is 0.378 e. The average Bonchev–Trinajstić information content (AvgIpc) is 3.15. The molecule has 0 spiro atoms. The monoisotopic (exact) mass is 367 g/mol. The van der Waals surface area contributed by atoms with Crippen molar-refractivity contribution in [3.05, 3.63) is 71.4 Å². The van der Waals surface area contributed by atoms with E-state index < -0.39 is 0 Å². The van der Waals surface area contributed by atoms with Crippen LogP contribution < -0.4 is 4.90 Å². The van der Waals surface area contributed by atoms with Gasteiger partial charge in [0.05, 0.1) is 13.2 Å². The summed E-state index contributed by atoms with van der Waals surface area (Å²) in [7, 11) is 0. The van der Waals surface area contributed by atoms with Gasteiger partial charge in [-0.2, -0.15) is 0 Å². The van der Waals surface area contributed by atoms with Gasteiger partial charge in [0.1, 0.15) is 0 Å². The van der Waals surface area contributed by atoms with E-state index in [1.807, 2.05) is 42.5 Å². The van der Waals surface area contributed by atoms with Crippen molar-refractivity contribution in [3.8, 4) is 11.1 Å². The Bertz CT molecular complexity index is 901. The molecule has 0 radical (unpaired) electrons. The predicted molar refractivity (Wildman–Crippen MR) is 102 cm³/mol. The molecule has 5 nitrogen and oxygen atoms in total. The number of morpholine rings is 1. The third-order valence-electron chi connectivity index (χ3n) is 4.39. The van der Waals surface area contributed by atoms with Gasteiger partial charge in [0.2, 0.25) is 0 Å². The van der Waals surface area contributed by atoms with Crippen LogP contribution in [-0.4, -0.2) is 42.0 Å². The number of hydrogen-bond acceptors (Lipinski definition) is 4. The fourth-order valence-corrected chi connectivity index (χ4v) is 3.15. The molecule has 2 aromatic carbocycles. The molecule has 1 saturated heterocycles. The summed E-state index contributed by atoms with van der Waals surface area (Å²) in [5.41, 5.74) is 2.49. The SMILES string of the molecule is O=C(c1ccccc1)n1cc(-c2ccc(Cl)cc2)c(N2CCOCC2)n1. The van der Waals surface area contributed by atoms with Crippen LogP contribution >= 0.6 is 11.6 Å². The molecule has 0 amide bonds. The van der Waals surface area contributed by atoms with Crippen molar-refractivity contribution >= 4 is 23.3 Å². The maximum Gasteiger partial charge on any atom is 0.278 e. The van der Waals surface area contributed by atoms with Gasteiger partial charge < -0.3 is 9.64 Å². The Labute approximate surface area is 156 Å². The summed E-state index contributed by atoms with van der Waals surface area (Å²) >= 11 is 6.02. The first-order chi connectivity index (χ1) is 12.7. The molecule has 132 valence electrons. The Morgan fingerprint density at radius 3 is 2.38 bits per heavy atom. The number of carbonyl (C=O) groups is 1. The quantitative estimate of drug-likeness (QED) is 0.707. The van der Waals surface area contributed by atoms with Crippen LogP contribution in [0.2, 0.25) is 5.02 Å². The normalized spacial score (nSPS) is 14.4. The molecule has 0 bridgehead atoms. The van der Waals surface area contributed by atoms with E-state index in [0.29, 0.717) is 23.8 Å². The van der Waals surface area contributed by atoms with E-state index in [9.17, 15) is 4.79 Å². The number of benzene rings is 2. The molecule has 1 fully saturated rings. The summed E-state index contributed by atoms with van der Waals surface area (Å²) in [4.78, 5) is 15.0. The van der Waals surface area contributed by atoms with Gasteiger partial charge >= 0.3 is 0 Å². The van der Waals surface area contributed by atoms with Crippen LogP contribution in [0.25, 0.3) is 11.1 Å². The second kappa shape index (κ2) is 7.32. The van der Waals surface area contributed by atoms with Crippen LogP contribution in [0.5, 0.6) is 0 Å². The highest BCUT2D eigenvalue weighted by molar-refractivity contribution is 6.30. The zero-order chi connectivity index (χ0) is 17.9. The van der Waals surface area contributed by atoms with E-state index in [4.69, 9.17) is 16.3 Å². The lowest BCUT2D eigenvalue weighted by molar-refractivity contribution is 0.0945. The molecule has 2 heterocycles. The van der Waals surface area contributed by atoms with Gasteiger partial charge in [-0.1, -0.05) is 41.9 Å². The molecule has 1 aliphatic heterocycles. The van der Waals surface area contributed by atoms with Crippen LogP contribution in [0.15, 0.2) is 60.8 Å². The maximum atomic E-state index is 12.8. The third-order valence-corrected chi connectivity index (χ3v) is 4.64. The van der Waals surface area contributed by atoms with Gasteiger partial charge in [-0.3, -0.25) is 4.79 Å². The maximum absolute atomic E-state index is 12.8. The molecule has 6 heteroatoms. The highest BCUT2D eigenvalue weighted by atomic mass is 35.5. The van der Waals surface area contributed by atoms with Crippen molar-refractivity contribution in [1.29, 1.82) is 0 Å². The van der Waals surface area contributed by atoms with Crippen molar-refractivity contribution in [3.63, 3.8) is 0 Å². The van der Waals surface area contributed by atoms with E-state index in [1.165, 1.54) is 4.68 Å². The van der Waals surface area contributed by atoms with E-state index in [1.54, 1.807) is 18.3 Å². The van der Waals surface area contributed by atoms with Crippen molar-refractivity contribution in [1.82, 2.24) is 9.78 Å². The molecule has 0 N–H and O–H groups in total. The summed E-state index contributed by atoms with van der Waals surface area (Å²) in [6.45, 7) is 2.80. The first-order valence-electron chi connectivity index (χ1n) is 8.50. The van der Waals surface area contributed by atoms with E-state index in [2.05, 4.69) is 10.00 Å². The van der Waals surface area contributed by atoms with E-state index in [-0.39, 0.29) is 5.91 Å². The third kappa shape index (κ3) is 3.36. The molecular formula is C20H18ClN3O2. The molecule has 0 atom stereocenters. The van der Waals surface area contributed by atoms with Crippen molar-refractivity contribution < 1.29 is 9.53 Å². The number of hydrogen-bond donors (Lipinski definition) is 0. The summed E-state index contributed by atoms with van der Waals surface area (Å²) in [5, 5.41) is 5.29. The zero-order valence-electron chi connectivity index (χ0n) is 14.1. The summed E-state index contributed by atoms with van der Waals surface area (Å²) in [6.07, 6.45) is 1.80. The highest BCUT2D eigenvalue weighted by Gasteiger charge is 2.22. The number of ether oxygens (including phenoxy) is 1. The average molecular weight is 368 g/mol. The summed E-state index contributed by atoms with van der Waals surface area (Å²) < 4.78 is 6.87. The number of nitrogens with zero attached hydrogens (tertiary/aromatic N) is 3. The summed E-state index contributed by atoms with van der Waals surface area (Å²) in [6, 6.07) is 16.7. The van der Waals surface area contributed by atoms with Crippen molar-refractivity contribution in [2.45, 2.75) is 0 Å².